The maximum absolute atomic E-state index is 11.9. The van der Waals surface area contributed by atoms with E-state index in [2.05, 4.69) is 41.6 Å². The standard InChI is InChI=1S/C13H22N4OS2.ClH/c1-13(2,3)12-17-16-11(20-12)7-15-10(18)6-9-8-19-5-4-14-9;/h9,14H,4-8H2,1-3H3,(H,15,18);1H. The van der Waals surface area contributed by atoms with E-state index >= 15 is 0 Å². The van der Waals surface area contributed by atoms with Crippen molar-refractivity contribution in [2.24, 2.45) is 0 Å². The summed E-state index contributed by atoms with van der Waals surface area (Å²) in [6.45, 7) is 7.81. The van der Waals surface area contributed by atoms with Crippen LogP contribution in [0.2, 0.25) is 0 Å². The van der Waals surface area contributed by atoms with Crippen molar-refractivity contribution < 1.29 is 4.79 Å². The van der Waals surface area contributed by atoms with E-state index in [0.29, 0.717) is 19.0 Å². The van der Waals surface area contributed by atoms with Gasteiger partial charge < -0.3 is 10.6 Å². The van der Waals surface area contributed by atoms with E-state index < -0.39 is 0 Å². The largest absolute Gasteiger partial charge is 0.349 e. The van der Waals surface area contributed by atoms with Crippen molar-refractivity contribution in [3.8, 4) is 0 Å². The highest BCUT2D eigenvalue weighted by molar-refractivity contribution is 7.99. The van der Waals surface area contributed by atoms with Crippen LogP contribution in [-0.2, 0) is 16.8 Å². The number of amides is 1. The molecule has 1 aromatic heterocycles. The second-order valence-electron chi connectivity index (χ2n) is 5.96. The minimum atomic E-state index is 0. The summed E-state index contributed by atoms with van der Waals surface area (Å²) in [6.07, 6.45) is 0.540. The highest BCUT2D eigenvalue weighted by Gasteiger charge is 2.20. The Hall–Kier alpha value is -0.370. The average molecular weight is 351 g/mol. The molecule has 1 unspecified atom stereocenters. The van der Waals surface area contributed by atoms with Gasteiger partial charge in [-0.25, -0.2) is 0 Å². The molecule has 0 radical (unpaired) electrons. The Morgan fingerprint density at radius 1 is 1.43 bits per heavy atom. The van der Waals surface area contributed by atoms with Crippen molar-refractivity contribution in [3.05, 3.63) is 10.0 Å². The summed E-state index contributed by atoms with van der Waals surface area (Å²) in [7, 11) is 0. The lowest BCUT2D eigenvalue weighted by Gasteiger charge is -2.22. The van der Waals surface area contributed by atoms with Gasteiger partial charge in [0.25, 0.3) is 0 Å². The van der Waals surface area contributed by atoms with Gasteiger partial charge in [0, 0.05) is 35.9 Å². The van der Waals surface area contributed by atoms with E-state index in [1.165, 1.54) is 0 Å². The molecule has 0 aliphatic carbocycles. The van der Waals surface area contributed by atoms with Gasteiger partial charge in [-0.3, -0.25) is 4.79 Å². The van der Waals surface area contributed by atoms with Crippen LogP contribution in [0, 0.1) is 0 Å². The molecule has 21 heavy (non-hydrogen) atoms. The molecular formula is C13H23ClN4OS2. The number of hydrogen-bond acceptors (Lipinski definition) is 6. The fourth-order valence-electron chi connectivity index (χ4n) is 1.85. The van der Waals surface area contributed by atoms with Crippen LogP contribution in [0.5, 0.6) is 0 Å². The van der Waals surface area contributed by atoms with Gasteiger partial charge in [0.2, 0.25) is 5.91 Å². The number of carbonyl (C=O) groups is 1. The third-order valence-electron chi connectivity index (χ3n) is 2.98. The summed E-state index contributed by atoms with van der Waals surface area (Å²) in [5.74, 6) is 2.23. The molecule has 5 nitrogen and oxygen atoms in total. The van der Waals surface area contributed by atoms with E-state index in [-0.39, 0.29) is 23.7 Å². The van der Waals surface area contributed by atoms with Crippen molar-refractivity contribution in [3.63, 3.8) is 0 Å². The van der Waals surface area contributed by atoms with Crippen molar-refractivity contribution in [2.75, 3.05) is 18.1 Å². The van der Waals surface area contributed by atoms with E-state index in [1.807, 2.05) is 11.8 Å². The highest BCUT2D eigenvalue weighted by atomic mass is 35.5. The lowest BCUT2D eigenvalue weighted by Crippen LogP contribution is -2.41. The summed E-state index contributed by atoms with van der Waals surface area (Å²) in [5, 5.41) is 16.5. The molecule has 0 bridgehead atoms. The first-order chi connectivity index (χ1) is 9.45. The lowest BCUT2D eigenvalue weighted by atomic mass is 9.98. The van der Waals surface area contributed by atoms with Crippen molar-refractivity contribution in [2.45, 2.75) is 45.2 Å². The lowest BCUT2D eigenvalue weighted by molar-refractivity contribution is -0.121. The first kappa shape index (κ1) is 18.7. The predicted molar refractivity (Wildman–Crippen MR) is 91.4 cm³/mol. The molecule has 0 spiro atoms. The van der Waals surface area contributed by atoms with Crippen LogP contribution in [0.25, 0.3) is 0 Å². The second kappa shape index (κ2) is 8.31. The molecule has 2 N–H and O–H groups in total. The Labute approximate surface area is 140 Å². The zero-order valence-corrected chi connectivity index (χ0v) is 15.1. The minimum Gasteiger partial charge on any atom is -0.349 e. The normalized spacial score (nSPS) is 18.9. The maximum Gasteiger partial charge on any atom is 0.221 e. The summed E-state index contributed by atoms with van der Waals surface area (Å²) in [6, 6.07) is 0.299. The minimum absolute atomic E-state index is 0. The third-order valence-corrected chi connectivity index (χ3v) is 5.46. The van der Waals surface area contributed by atoms with Gasteiger partial charge in [0.1, 0.15) is 10.0 Å². The van der Waals surface area contributed by atoms with Crippen LogP contribution >= 0.6 is 35.5 Å². The van der Waals surface area contributed by atoms with Gasteiger partial charge >= 0.3 is 0 Å². The van der Waals surface area contributed by atoms with Crippen LogP contribution in [0.4, 0.5) is 0 Å². The van der Waals surface area contributed by atoms with Gasteiger partial charge in [0.05, 0.1) is 6.54 Å². The Morgan fingerprint density at radius 3 is 2.76 bits per heavy atom. The number of halogens is 1. The summed E-state index contributed by atoms with van der Waals surface area (Å²) >= 11 is 3.47. The molecule has 8 heteroatoms. The van der Waals surface area contributed by atoms with Crippen LogP contribution in [0.3, 0.4) is 0 Å². The van der Waals surface area contributed by atoms with Crippen molar-refractivity contribution in [1.29, 1.82) is 0 Å². The number of thioether (sulfide) groups is 1. The van der Waals surface area contributed by atoms with Gasteiger partial charge in [-0.2, -0.15) is 11.8 Å². The van der Waals surface area contributed by atoms with E-state index in [1.54, 1.807) is 11.3 Å². The number of rotatable bonds is 4. The molecule has 2 heterocycles. The molecule has 120 valence electrons. The van der Waals surface area contributed by atoms with Gasteiger partial charge in [-0.1, -0.05) is 32.1 Å². The molecule has 1 atom stereocenters. The molecule has 1 aromatic rings. The number of hydrogen-bond donors (Lipinski definition) is 2. The zero-order valence-electron chi connectivity index (χ0n) is 12.6. The Morgan fingerprint density at radius 2 is 2.19 bits per heavy atom. The number of nitrogens with zero attached hydrogens (tertiary/aromatic N) is 2. The summed E-state index contributed by atoms with van der Waals surface area (Å²) in [4.78, 5) is 11.9. The zero-order chi connectivity index (χ0) is 14.6. The van der Waals surface area contributed by atoms with Crippen molar-refractivity contribution in [1.82, 2.24) is 20.8 Å². The Balaban J connectivity index is 0.00000220. The second-order valence-corrected chi connectivity index (χ2v) is 8.17. The summed E-state index contributed by atoms with van der Waals surface area (Å²) < 4.78 is 0. The fourth-order valence-corrected chi connectivity index (χ4v) is 3.64. The van der Waals surface area contributed by atoms with Crippen LogP contribution in [0.1, 0.15) is 37.2 Å². The molecule has 1 fully saturated rings. The molecule has 1 aliphatic heterocycles. The molecule has 0 aromatic carbocycles. The Kier molecular flexibility index (Phi) is 7.39. The van der Waals surface area contributed by atoms with E-state index in [0.717, 1.165) is 28.1 Å². The van der Waals surface area contributed by atoms with Crippen LogP contribution in [-0.4, -0.2) is 40.2 Å². The maximum atomic E-state index is 11.9. The molecule has 1 amide bonds. The first-order valence-corrected chi connectivity index (χ1v) is 8.83. The molecule has 1 aliphatic rings. The van der Waals surface area contributed by atoms with Gasteiger partial charge in [0.15, 0.2) is 0 Å². The van der Waals surface area contributed by atoms with Crippen LogP contribution in [0.15, 0.2) is 0 Å². The topological polar surface area (TPSA) is 66.9 Å². The van der Waals surface area contributed by atoms with Gasteiger partial charge in [-0.15, -0.1) is 22.6 Å². The average Bonchev–Trinajstić information content (AvgIpc) is 2.86. The molecular weight excluding hydrogens is 328 g/mol. The quantitative estimate of drug-likeness (QED) is 0.869. The Bertz CT molecular complexity index is 455. The highest BCUT2D eigenvalue weighted by Crippen LogP contribution is 2.25. The number of nitrogens with one attached hydrogen (secondary N) is 2. The molecule has 1 saturated heterocycles. The smallest absolute Gasteiger partial charge is 0.221 e. The van der Waals surface area contributed by atoms with Gasteiger partial charge in [-0.05, 0) is 0 Å². The van der Waals surface area contributed by atoms with Crippen molar-refractivity contribution >= 4 is 41.4 Å². The first-order valence-electron chi connectivity index (χ1n) is 6.86. The number of aromatic nitrogens is 2. The van der Waals surface area contributed by atoms with Crippen LogP contribution < -0.4 is 10.6 Å². The SMILES string of the molecule is CC(C)(C)c1nnc(CNC(=O)CC2CSCCN2)s1.Cl. The fraction of sp³-hybridized carbons (Fsp3) is 0.769. The predicted octanol–water partition coefficient (Wildman–Crippen LogP) is 1.97. The molecule has 2 rings (SSSR count). The molecule has 0 saturated carbocycles. The monoisotopic (exact) mass is 350 g/mol. The number of carbonyl (C=O) groups excluding carboxylic acids is 1. The summed E-state index contributed by atoms with van der Waals surface area (Å²) in [5.41, 5.74) is 0.0170. The van der Waals surface area contributed by atoms with E-state index in [9.17, 15) is 4.79 Å². The van der Waals surface area contributed by atoms with E-state index in [4.69, 9.17) is 0 Å². The third kappa shape index (κ3) is 6.10.